The van der Waals surface area contributed by atoms with Gasteiger partial charge in [0.2, 0.25) is 10.0 Å². The first-order valence-corrected chi connectivity index (χ1v) is 8.54. The number of nitrogens with zero attached hydrogens (tertiary/aromatic N) is 1. The van der Waals surface area contributed by atoms with E-state index in [4.69, 9.17) is 4.74 Å². The normalized spacial score (nSPS) is 12.1. The van der Waals surface area contributed by atoms with Crippen LogP contribution >= 0.6 is 0 Å². The first-order chi connectivity index (χ1) is 9.82. The van der Waals surface area contributed by atoms with Crippen molar-refractivity contribution >= 4 is 10.0 Å². The topological polar surface area (TPSA) is 58.6 Å². The first kappa shape index (κ1) is 17.9. The molecule has 0 heterocycles. The largest absolute Gasteiger partial charge is 0.495 e. The number of methoxy groups -OCH3 is 1. The maximum atomic E-state index is 12.6. The molecule has 0 aliphatic carbocycles. The Bertz CT molecular complexity index is 556. The summed E-state index contributed by atoms with van der Waals surface area (Å²) in [5.74, 6) is 0.849. The number of benzene rings is 1. The lowest BCUT2D eigenvalue weighted by Gasteiger charge is -2.20. The molecule has 0 saturated carbocycles. The molecule has 1 aromatic carbocycles. The zero-order valence-electron chi connectivity index (χ0n) is 13.5. The van der Waals surface area contributed by atoms with Crippen molar-refractivity contribution in [2.75, 3.05) is 27.7 Å². The molecular formula is C15H26N2O3S. The fourth-order valence-electron chi connectivity index (χ4n) is 1.97. The fraction of sp³-hybridized carbons (Fsp3) is 0.600. The Morgan fingerprint density at radius 3 is 2.52 bits per heavy atom. The van der Waals surface area contributed by atoms with E-state index >= 15 is 0 Å². The molecule has 5 nitrogen and oxygen atoms in total. The molecule has 120 valence electrons. The van der Waals surface area contributed by atoms with Crippen molar-refractivity contribution in [3.63, 3.8) is 0 Å². The third kappa shape index (κ3) is 4.69. The van der Waals surface area contributed by atoms with E-state index in [1.54, 1.807) is 19.2 Å². The minimum Gasteiger partial charge on any atom is -0.495 e. The van der Waals surface area contributed by atoms with Crippen molar-refractivity contribution in [2.45, 2.75) is 31.7 Å². The Balaban J connectivity index is 3.07. The molecule has 6 heteroatoms. The van der Waals surface area contributed by atoms with Crippen LogP contribution in [0.1, 0.15) is 25.8 Å². The molecule has 1 N–H and O–H groups in total. The average Bonchev–Trinajstić information content (AvgIpc) is 2.44. The van der Waals surface area contributed by atoms with Crippen LogP contribution in [0.4, 0.5) is 0 Å². The van der Waals surface area contributed by atoms with E-state index in [0.29, 0.717) is 24.8 Å². The van der Waals surface area contributed by atoms with Gasteiger partial charge >= 0.3 is 0 Å². The van der Waals surface area contributed by atoms with E-state index in [0.717, 1.165) is 12.0 Å². The Hall–Kier alpha value is -1.11. The van der Waals surface area contributed by atoms with Gasteiger partial charge in [-0.3, -0.25) is 0 Å². The number of rotatable bonds is 8. The number of sulfonamides is 1. The van der Waals surface area contributed by atoms with Crippen LogP contribution < -0.4 is 10.1 Å². The van der Waals surface area contributed by atoms with Gasteiger partial charge in [-0.25, -0.2) is 12.7 Å². The summed E-state index contributed by atoms with van der Waals surface area (Å²) < 4.78 is 31.9. The Morgan fingerprint density at radius 2 is 2.00 bits per heavy atom. The first-order valence-electron chi connectivity index (χ1n) is 7.10. The van der Waals surface area contributed by atoms with Crippen molar-refractivity contribution in [1.82, 2.24) is 9.62 Å². The van der Waals surface area contributed by atoms with Crippen molar-refractivity contribution in [1.29, 1.82) is 0 Å². The molecule has 0 radical (unpaired) electrons. The summed E-state index contributed by atoms with van der Waals surface area (Å²) in [6.45, 7) is 5.32. The Morgan fingerprint density at radius 1 is 1.33 bits per heavy atom. The predicted molar refractivity (Wildman–Crippen MR) is 85.0 cm³/mol. The van der Waals surface area contributed by atoms with Crippen molar-refractivity contribution < 1.29 is 13.2 Å². The van der Waals surface area contributed by atoms with Gasteiger partial charge in [-0.15, -0.1) is 0 Å². The summed E-state index contributed by atoms with van der Waals surface area (Å²) in [5, 5.41) is 3.03. The molecule has 0 atom stereocenters. The maximum Gasteiger partial charge on any atom is 0.246 e. The van der Waals surface area contributed by atoms with Gasteiger partial charge in [0.25, 0.3) is 0 Å². The molecule has 0 amide bonds. The second-order valence-corrected chi connectivity index (χ2v) is 7.54. The minimum atomic E-state index is -3.52. The van der Waals surface area contributed by atoms with Crippen molar-refractivity contribution in [2.24, 2.45) is 5.92 Å². The quantitative estimate of drug-likeness (QED) is 0.798. The predicted octanol–water partition coefficient (Wildman–Crippen LogP) is 2.08. The summed E-state index contributed by atoms with van der Waals surface area (Å²) in [6, 6.07) is 5.19. The maximum absolute atomic E-state index is 12.6. The van der Waals surface area contributed by atoms with Crippen LogP contribution in [0, 0.1) is 5.92 Å². The van der Waals surface area contributed by atoms with Crippen LogP contribution in [0.5, 0.6) is 5.75 Å². The van der Waals surface area contributed by atoms with Crippen LogP contribution in [0.25, 0.3) is 0 Å². The second kappa shape index (κ2) is 7.77. The molecule has 0 fully saturated rings. The molecule has 1 rings (SSSR count). The summed E-state index contributed by atoms with van der Waals surface area (Å²) >= 11 is 0. The highest BCUT2D eigenvalue weighted by molar-refractivity contribution is 7.89. The molecular weight excluding hydrogens is 288 g/mol. The van der Waals surface area contributed by atoms with Gasteiger partial charge in [-0.2, -0.15) is 0 Å². The lowest BCUT2D eigenvalue weighted by Crippen LogP contribution is -2.29. The number of hydrogen-bond acceptors (Lipinski definition) is 4. The smallest absolute Gasteiger partial charge is 0.246 e. The van der Waals surface area contributed by atoms with Crippen LogP contribution in [0.2, 0.25) is 0 Å². The van der Waals surface area contributed by atoms with Gasteiger partial charge in [0.05, 0.1) is 7.11 Å². The van der Waals surface area contributed by atoms with Crippen LogP contribution in [0.3, 0.4) is 0 Å². The second-order valence-electron chi connectivity index (χ2n) is 5.52. The molecule has 0 spiro atoms. The van der Waals surface area contributed by atoms with E-state index in [1.165, 1.54) is 11.4 Å². The van der Waals surface area contributed by atoms with Gasteiger partial charge in [-0.1, -0.05) is 19.9 Å². The Labute approximate surface area is 128 Å². The van der Waals surface area contributed by atoms with E-state index in [2.05, 4.69) is 19.2 Å². The van der Waals surface area contributed by atoms with Gasteiger partial charge in [0, 0.05) is 20.1 Å². The molecule has 0 saturated heterocycles. The standard InChI is InChI=1S/C15H26N2O3S/c1-12(2)8-9-17(4)21(18,19)15-7-6-13(11-16-3)10-14(15)20-5/h6-7,10,12,16H,8-9,11H2,1-5H3. The molecule has 0 bridgehead atoms. The summed E-state index contributed by atoms with van der Waals surface area (Å²) in [5.41, 5.74) is 0.984. The van der Waals surface area contributed by atoms with Gasteiger partial charge < -0.3 is 10.1 Å². The zero-order valence-corrected chi connectivity index (χ0v) is 14.3. The third-order valence-corrected chi connectivity index (χ3v) is 5.21. The lowest BCUT2D eigenvalue weighted by molar-refractivity contribution is 0.393. The van der Waals surface area contributed by atoms with E-state index in [-0.39, 0.29) is 4.90 Å². The van der Waals surface area contributed by atoms with Gasteiger partial charge in [-0.05, 0) is 37.1 Å². The minimum absolute atomic E-state index is 0.219. The van der Waals surface area contributed by atoms with Gasteiger partial charge in [0.15, 0.2) is 0 Å². The fourth-order valence-corrected chi connectivity index (χ4v) is 3.29. The van der Waals surface area contributed by atoms with E-state index < -0.39 is 10.0 Å². The van der Waals surface area contributed by atoms with Crippen LogP contribution in [-0.2, 0) is 16.6 Å². The van der Waals surface area contributed by atoms with Crippen molar-refractivity contribution in [3.8, 4) is 5.75 Å². The highest BCUT2D eigenvalue weighted by Gasteiger charge is 2.24. The van der Waals surface area contributed by atoms with E-state index in [1.807, 2.05) is 13.1 Å². The summed E-state index contributed by atoms with van der Waals surface area (Å²) in [4.78, 5) is 0.219. The average molecular weight is 314 g/mol. The highest BCUT2D eigenvalue weighted by atomic mass is 32.2. The molecule has 21 heavy (non-hydrogen) atoms. The molecule has 0 aliphatic rings. The van der Waals surface area contributed by atoms with Crippen LogP contribution in [0.15, 0.2) is 23.1 Å². The molecule has 1 aromatic rings. The van der Waals surface area contributed by atoms with Gasteiger partial charge in [0.1, 0.15) is 10.6 Å². The van der Waals surface area contributed by atoms with Crippen molar-refractivity contribution in [3.05, 3.63) is 23.8 Å². The van der Waals surface area contributed by atoms with E-state index in [9.17, 15) is 8.42 Å². The van der Waals surface area contributed by atoms with Crippen LogP contribution in [-0.4, -0.2) is 40.5 Å². The molecule has 0 aliphatic heterocycles. The molecule has 0 aromatic heterocycles. The number of hydrogen-bond donors (Lipinski definition) is 1. The summed E-state index contributed by atoms with van der Waals surface area (Å²) in [7, 11) is 1.42. The number of ether oxygens (including phenoxy) is 1. The molecule has 0 unspecified atom stereocenters. The number of nitrogens with one attached hydrogen (secondary N) is 1. The summed E-state index contributed by atoms with van der Waals surface area (Å²) in [6.07, 6.45) is 0.829. The highest BCUT2D eigenvalue weighted by Crippen LogP contribution is 2.27. The monoisotopic (exact) mass is 314 g/mol. The lowest BCUT2D eigenvalue weighted by atomic mass is 10.1. The SMILES string of the molecule is CNCc1ccc(S(=O)(=O)N(C)CCC(C)C)c(OC)c1. The zero-order chi connectivity index (χ0) is 16.0. The Kier molecular flexibility index (Phi) is 6.64. The third-order valence-electron chi connectivity index (χ3n) is 3.32.